The van der Waals surface area contributed by atoms with Crippen molar-refractivity contribution in [1.29, 1.82) is 0 Å². The van der Waals surface area contributed by atoms with Gasteiger partial charge >= 0.3 is 0 Å². The third kappa shape index (κ3) is 4.67. The number of hydrogen-bond acceptors (Lipinski definition) is 3. The normalized spacial score (nSPS) is 10.9. The number of nitrogens with zero attached hydrogens (tertiary/aromatic N) is 2. The number of allylic oxidation sites excluding steroid dienone is 1. The highest BCUT2D eigenvalue weighted by Crippen LogP contribution is 2.15. The number of benzene rings is 2. The zero-order valence-electron chi connectivity index (χ0n) is 14.1. The Bertz CT molecular complexity index is 849. The quantitative estimate of drug-likeness (QED) is 0.476. The summed E-state index contributed by atoms with van der Waals surface area (Å²) in [6, 6.07) is 17.7. The fourth-order valence-electron chi connectivity index (χ4n) is 2.35. The SMILES string of the molecule is CCn1cc(C(=O)/C=C/c2ccc(OCc3ccccc3)cc2)cn1. The third-order valence-corrected chi connectivity index (χ3v) is 3.80. The fraction of sp³-hybridized carbons (Fsp3) is 0.143. The molecule has 0 spiro atoms. The molecule has 4 heteroatoms. The predicted octanol–water partition coefficient (Wildman–Crippen LogP) is 4.38. The Morgan fingerprint density at radius 2 is 1.88 bits per heavy atom. The van der Waals surface area contributed by atoms with Crippen molar-refractivity contribution in [2.24, 2.45) is 0 Å². The van der Waals surface area contributed by atoms with Crippen LogP contribution in [0.15, 0.2) is 73.1 Å². The minimum Gasteiger partial charge on any atom is -0.489 e. The van der Waals surface area contributed by atoms with Crippen molar-refractivity contribution in [3.05, 3.63) is 89.8 Å². The van der Waals surface area contributed by atoms with E-state index in [1.807, 2.05) is 61.5 Å². The zero-order valence-corrected chi connectivity index (χ0v) is 14.1. The summed E-state index contributed by atoms with van der Waals surface area (Å²) in [6.45, 7) is 3.27. The highest BCUT2D eigenvalue weighted by atomic mass is 16.5. The Hall–Kier alpha value is -3.14. The van der Waals surface area contributed by atoms with Crippen LogP contribution in [0.25, 0.3) is 6.08 Å². The number of aromatic nitrogens is 2. The molecule has 0 radical (unpaired) electrons. The van der Waals surface area contributed by atoms with E-state index >= 15 is 0 Å². The van der Waals surface area contributed by atoms with Crippen molar-refractivity contribution in [2.45, 2.75) is 20.1 Å². The van der Waals surface area contributed by atoms with E-state index in [1.165, 1.54) is 0 Å². The van der Waals surface area contributed by atoms with E-state index in [9.17, 15) is 4.79 Å². The first-order valence-electron chi connectivity index (χ1n) is 8.26. The molecule has 0 aliphatic heterocycles. The monoisotopic (exact) mass is 332 g/mol. The molecule has 0 N–H and O–H groups in total. The van der Waals surface area contributed by atoms with Crippen molar-refractivity contribution in [3.63, 3.8) is 0 Å². The molecule has 1 aromatic heterocycles. The van der Waals surface area contributed by atoms with Gasteiger partial charge < -0.3 is 4.74 Å². The zero-order chi connectivity index (χ0) is 17.5. The van der Waals surface area contributed by atoms with Gasteiger partial charge in [0.2, 0.25) is 0 Å². The Labute approximate surface area is 147 Å². The molecule has 0 fully saturated rings. The number of carbonyl (C=O) groups is 1. The molecular weight excluding hydrogens is 312 g/mol. The highest BCUT2D eigenvalue weighted by Gasteiger charge is 2.04. The van der Waals surface area contributed by atoms with Crippen LogP contribution in [0.5, 0.6) is 5.75 Å². The van der Waals surface area contributed by atoms with Crippen LogP contribution in [0.4, 0.5) is 0 Å². The van der Waals surface area contributed by atoms with Gasteiger partial charge in [0.05, 0.1) is 11.8 Å². The molecule has 25 heavy (non-hydrogen) atoms. The predicted molar refractivity (Wildman–Crippen MR) is 98.5 cm³/mol. The third-order valence-electron chi connectivity index (χ3n) is 3.80. The van der Waals surface area contributed by atoms with Gasteiger partial charge in [-0.25, -0.2) is 0 Å². The molecule has 0 unspecified atom stereocenters. The maximum Gasteiger partial charge on any atom is 0.189 e. The van der Waals surface area contributed by atoms with Gasteiger partial charge in [0.1, 0.15) is 12.4 Å². The molecule has 3 rings (SSSR count). The molecule has 3 aromatic rings. The highest BCUT2D eigenvalue weighted by molar-refractivity contribution is 6.06. The fourth-order valence-corrected chi connectivity index (χ4v) is 2.35. The van der Waals surface area contributed by atoms with Crippen molar-refractivity contribution < 1.29 is 9.53 Å². The van der Waals surface area contributed by atoms with Gasteiger partial charge in [-0.2, -0.15) is 5.10 Å². The Balaban J connectivity index is 1.57. The lowest BCUT2D eigenvalue weighted by atomic mass is 10.1. The van der Waals surface area contributed by atoms with Crippen molar-refractivity contribution in [3.8, 4) is 5.75 Å². The first-order valence-corrected chi connectivity index (χ1v) is 8.26. The van der Waals surface area contributed by atoms with Crippen molar-refractivity contribution in [2.75, 3.05) is 0 Å². The summed E-state index contributed by atoms with van der Waals surface area (Å²) in [5.41, 5.74) is 2.67. The lowest BCUT2D eigenvalue weighted by Gasteiger charge is -2.06. The molecule has 126 valence electrons. The molecule has 2 aromatic carbocycles. The Morgan fingerprint density at radius 3 is 2.56 bits per heavy atom. The summed E-state index contributed by atoms with van der Waals surface area (Å²) < 4.78 is 7.49. The molecule has 0 amide bonds. The molecule has 0 bridgehead atoms. The van der Waals surface area contributed by atoms with E-state index in [-0.39, 0.29) is 5.78 Å². The second-order valence-corrected chi connectivity index (χ2v) is 5.63. The van der Waals surface area contributed by atoms with Gasteiger partial charge in [-0.15, -0.1) is 0 Å². The van der Waals surface area contributed by atoms with Crippen LogP contribution in [0, 0.1) is 0 Å². The summed E-state index contributed by atoms with van der Waals surface area (Å²) in [7, 11) is 0. The van der Waals surface area contributed by atoms with Crippen LogP contribution in [-0.4, -0.2) is 15.6 Å². The summed E-state index contributed by atoms with van der Waals surface area (Å²) in [5, 5.41) is 4.11. The standard InChI is InChI=1S/C21H20N2O2/c1-2-23-15-19(14-22-23)21(24)13-10-17-8-11-20(12-9-17)25-16-18-6-4-3-5-7-18/h3-15H,2,16H2,1H3/b13-10+. The molecule has 1 heterocycles. The lowest BCUT2D eigenvalue weighted by molar-refractivity contribution is 0.104. The molecule has 0 saturated heterocycles. The average molecular weight is 332 g/mol. The number of rotatable bonds is 7. The second-order valence-electron chi connectivity index (χ2n) is 5.63. The van der Waals surface area contributed by atoms with E-state index in [0.717, 1.165) is 23.4 Å². The van der Waals surface area contributed by atoms with Crippen LogP contribution in [0.3, 0.4) is 0 Å². The lowest BCUT2D eigenvalue weighted by Crippen LogP contribution is -1.95. The molecule has 0 saturated carbocycles. The minimum atomic E-state index is -0.0518. The molecule has 0 atom stereocenters. The van der Waals surface area contributed by atoms with Crippen LogP contribution >= 0.6 is 0 Å². The van der Waals surface area contributed by atoms with Gasteiger partial charge in [-0.05, 0) is 36.3 Å². The number of carbonyl (C=O) groups excluding carboxylic acids is 1. The van der Waals surface area contributed by atoms with Crippen LogP contribution in [-0.2, 0) is 13.2 Å². The summed E-state index contributed by atoms with van der Waals surface area (Å²) in [6.07, 6.45) is 6.72. The Morgan fingerprint density at radius 1 is 1.12 bits per heavy atom. The van der Waals surface area contributed by atoms with Crippen molar-refractivity contribution >= 4 is 11.9 Å². The summed E-state index contributed by atoms with van der Waals surface area (Å²) in [4.78, 5) is 12.1. The van der Waals surface area contributed by atoms with E-state index < -0.39 is 0 Å². The minimum absolute atomic E-state index is 0.0518. The molecular formula is C21H20N2O2. The van der Waals surface area contributed by atoms with E-state index in [4.69, 9.17) is 4.74 Å². The molecule has 4 nitrogen and oxygen atoms in total. The van der Waals surface area contributed by atoms with Gasteiger partial charge in [0, 0.05) is 12.7 Å². The number of ether oxygens (including phenoxy) is 1. The smallest absolute Gasteiger partial charge is 0.189 e. The maximum absolute atomic E-state index is 12.1. The van der Waals surface area contributed by atoms with E-state index in [0.29, 0.717) is 12.2 Å². The number of aryl methyl sites for hydroxylation is 1. The van der Waals surface area contributed by atoms with Crippen molar-refractivity contribution in [1.82, 2.24) is 9.78 Å². The first-order chi connectivity index (χ1) is 12.2. The van der Waals surface area contributed by atoms with Gasteiger partial charge in [0.25, 0.3) is 0 Å². The summed E-state index contributed by atoms with van der Waals surface area (Å²) >= 11 is 0. The number of hydrogen-bond donors (Lipinski definition) is 0. The largest absolute Gasteiger partial charge is 0.489 e. The second kappa shape index (κ2) is 8.11. The molecule has 0 aliphatic rings. The maximum atomic E-state index is 12.1. The topological polar surface area (TPSA) is 44.1 Å². The molecule has 0 aliphatic carbocycles. The average Bonchev–Trinajstić information content (AvgIpc) is 3.15. The Kier molecular flexibility index (Phi) is 5.42. The van der Waals surface area contributed by atoms with E-state index in [2.05, 4.69) is 5.10 Å². The van der Waals surface area contributed by atoms with Gasteiger partial charge in [-0.1, -0.05) is 48.5 Å². The number of ketones is 1. The van der Waals surface area contributed by atoms with E-state index in [1.54, 1.807) is 29.2 Å². The van der Waals surface area contributed by atoms with Crippen LogP contribution in [0.2, 0.25) is 0 Å². The van der Waals surface area contributed by atoms with Gasteiger partial charge in [0.15, 0.2) is 5.78 Å². The first kappa shape index (κ1) is 16.7. The van der Waals surface area contributed by atoms with Gasteiger partial charge in [-0.3, -0.25) is 9.48 Å². The summed E-state index contributed by atoms with van der Waals surface area (Å²) in [5.74, 6) is 0.751. The van der Waals surface area contributed by atoms with Crippen LogP contribution in [0.1, 0.15) is 28.4 Å². The van der Waals surface area contributed by atoms with Crippen LogP contribution < -0.4 is 4.74 Å².